The maximum atomic E-state index is 14.0. The molecule has 5 aromatic rings. The molecule has 4 aliphatic rings. The Balaban J connectivity index is 1.82. The van der Waals surface area contributed by atoms with Gasteiger partial charge in [-0.2, -0.15) is 0 Å². The number of benzene rings is 5. The van der Waals surface area contributed by atoms with E-state index < -0.39 is 42.7 Å². The van der Waals surface area contributed by atoms with Crippen molar-refractivity contribution in [3.8, 4) is 23.0 Å². The van der Waals surface area contributed by atoms with E-state index in [0.29, 0.717) is 82.3 Å². The Labute approximate surface area is 203 Å². The van der Waals surface area contributed by atoms with Crippen molar-refractivity contribution in [3.05, 3.63) is 22.3 Å². The predicted octanol–water partition coefficient (Wildman–Crippen LogP) is 3.83. The summed E-state index contributed by atoms with van der Waals surface area (Å²) >= 11 is 0. The van der Waals surface area contributed by atoms with E-state index in [-0.39, 0.29) is 41.1 Å². The number of hydrogen-bond donors (Lipinski definition) is 4. The largest absolute Gasteiger partial charge is 0.506 e. The van der Waals surface area contributed by atoms with Crippen molar-refractivity contribution < 1.29 is 37.3 Å². The van der Waals surface area contributed by atoms with Gasteiger partial charge in [-0.25, -0.2) is 16.8 Å². The summed E-state index contributed by atoms with van der Waals surface area (Å²) in [6.07, 6.45) is 2.40. The molecule has 180 valence electrons. The molecule has 0 fully saturated rings. The summed E-state index contributed by atoms with van der Waals surface area (Å²) in [4.78, 5) is -1.22. The molecule has 0 amide bonds. The Hall–Kier alpha value is -3.50. The zero-order valence-corrected chi connectivity index (χ0v) is 20.1. The number of phenolic OH excluding ortho intramolecular Hbond substituents is 4. The van der Waals surface area contributed by atoms with Crippen LogP contribution in [0.4, 0.5) is 0 Å². The van der Waals surface area contributed by atoms with Gasteiger partial charge in [0, 0.05) is 54.6 Å². The second kappa shape index (κ2) is 5.28. The number of aryl methyl sites for hydroxylation is 4. The van der Waals surface area contributed by atoms with Gasteiger partial charge in [-0.3, -0.25) is 0 Å². The minimum Gasteiger partial charge on any atom is -0.506 e. The fourth-order valence-corrected chi connectivity index (χ4v) is 11.5. The van der Waals surface area contributed by atoms with Crippen LogP contribution < -0.4 is 0 Å². The first-order chi connectivity index (χ1) is 17.1. The summed E-state index contributed by atoms with van der Waals surface area (Å²) in [7, 11) is -8.68. The highest BCUT2D eigenvalue weighted by molar-refractivity contribution is 7.93. The smallest absolute Gasteiger partial charge is 0.215 e. The SMILES string of the molecule is O=S1(=O)c2c(O)c3c4c(c(O)c5c6c7c(c(O)c8c9c(c(O)c1c(c2c46)c97)CCC8)S5(=O)=O)CCC3. The second-order valence-corrected chi connectivity index (χ2v) is 14.0. The van der Waals surface area contributed by atoms with Crippen molar-refractivity contribution in [1.29, 1.82) is 0 Å². The van der Waals surface area contributed by atoms with Gasteiger partial charge in [0.1, 0.15) is 42.6 Å². The van der Waals surface area contributed by atoms with Gasteiger partial charge < -0.3 is 20.4 Å². The Kier molecular flexibility index (Phi) is 2.88. The standard InChI is InChI=1S/C26H16O8S2/c27-19-7-3-1-4-8-11(7)13-15-17-14-12-9(21(29)25(17)35(31,32)23(15)19)5-2-6-10(12)22(30)26-18(14)16(13)24(20(8)28)36(26,33)34/h27-30H,1-6H2. The summed E-state index contributed by atoms with van der Waals surface area (Å²) in [6, 6.07) is 0. The third-order valence-corrected chi connectivity index (χ3v) is 12.6. The lowest BCUT2D eigenvalue weighted by molar-refractivity contribution is 0.443. The molecule has 2 heterocycles. The van der Waals surface area contributed by atoms with Gasteiger partial charge in [0.25, 0.3) is 0 Å². The topological polar surface area (TPSA) is 149 Å². The fourth-order valence-electron chi connectivity index (χ4n) is 7.73. The predicted molar refractivity (Wildman–Crippen MR) is 129 cm³/mol. The molecule has 0 spiro atoms. The molecule has 0 saturated heterocycles. The van der Waals surface area contributed by atoms with Crippen LogP contribution in [0.2, 0.25) is 0 Å². The molecule has 2 aliphatic carbocycles. The van der Waals surface area contributed by atoms with E-state index in [9.17, 15) is 37.3 Å². The molecule has 0 aromatic heterocycles. The van der Waals surface area contributed by atoms with Gasteiger partial charge in [-0.1, -0.05) is 0 Å². The van der Waals surface area contributed by atoms with E-state index >= 15 is 0 Å². The number of aromatic hydroxyl groups is 4. The van der Waals surface area contributed by atoms with E-state index in [2.05, 4.69) is 0 Å². The molecule has 4 N–H and O–H groups in total. The van der Waals surface area contributed by atoms with Crippen LogP contribution in [-0.4, -0.2) is 37.3 Å². The Morgan fingerprint density at radius 1 is 0.389 bits per heavy atom. The quantitative estimate of drug-likeness (QED) is 0.174. The molecular formula is C26H16O8S2. The summed E-state index contributed by atoms with van der Waals surface area (Å²) in [5.74, 6) is -1.61. The number of hydrogen-bond acceptors (Lipinski definition) is 8. The van der Waals surface area contributed by atoms with Crippen molar-refractivity contribution in [3.63, 3.8) is 0 Å². The second-order valence-electron chi connectivity index (χ2n) is 10.3. The van der Waals surface area contributed by atoms with Crippen LogP contribution in [0.25, 0.3) is 43.1 Å². The van der Waals surface area contributed by atoms with Crippen molar-refractivity contribution in [2.24, 2.45) is 0 Å². The first-order valence-electron chi connectivity index (χ1n) is 11.8. The molecule has 0 bridgehead atoms. The van der Waals surface area contributed by atoms with Gasteiger partial charge in [-0.05, 0) is 49.3 Å². The first kappa shape index (κ1) is 19.7. The van der Waals surface area contributed by atoms with Crippen LogP contribution in [0.5, 0.6) is 23.0 Å². The average molecular weight is 521 g/mol. The maximum Gasteiger partial charge on any atom is 0.215 e. The lowest BCUT2D eigenvalue weighted by Gasteiger charge is -2.25. The van der Waals surface area contributed by atoms with Gasteiger partial charge in [0.2, 0.25) is 19.7 Å². The molecule has 8 nitrogen and oxygen atoms in total. The first-order valence-corrected chi connectivity index (χ1v) is 14.8. The molecule has 2 aliphatic heterocycles. The van der Waals surface area contributed by atoms with Crippen LogP contribution in [0.1, 0.15) is 35.1 Å². The molecule has 10 heteroatoms. The van der Waals surface area contributed by atoms with Crippen LogP contribution in [0.15, 0.2) is 19.6 Å². The molecular weight excluding hydrogens is 504 g/mol. The zero-order chi connectivity index (χ0) is 24.8. The van der Waals surface area contributed by atoms with Gasteiger partial charge in [0.15, 0.2) is 0 Å². The fraction of sp³-hybridized carbons (Fsp3) is 0.231. The number of sulfone groups is 2. The van der Waals surface area contributed by atoms with Crippen molar-refractivity contribution in [1.82, 2.24) is 0 Å². The Morgan fingerprint density at radius 2 is 0.639 bits per heavy atom. The molecule has 0 unspecified atom stereocenters. The minimum atomic E-state index is -4.34. The third kappa shape index (κ3) is 1.61. The van der Waals surface area contributed by atoms with E-state index in [1.807, 2.05) is 0 Å². The highest BCUT2D eigenvalue weighted by Crippen LogP contribution is 2.65. The highest BCUT2D eigenvalue weighted by atomic mass is 32.2. The van der Waals surface area contributed by atoms with E-state index in [1.165, 1.54) is 0 Å². The van der Waals surface area contributed by atoms with Crippen molar-refractivity contribution >= 4 is 62.8 Å². The Bertz CT molecular complexity index is 1960. The summed E-state index contributed by atoms with van der Waals surface area (Å²) < 4.78 is 56.0. The van der Waals surface area contributed by atoms with Crippen LogP contribution in [0, 0.1) is 0 Å². The van der Waals surface area contributed by atoms with Crippen LogP contribution in [0.3, 0.4) is 0 Å². The summed E-state index contributed by atoms with van der Waals surface area (Å²) in [6.45, 7) is 0. The molecule has 0 saturated carbocycles. The minimum absolute atomic E-state index is 0.195. The monoisotopic (exact) mass is 520 g/mol. The Morgan fingerprint density at radius 3 is 0.889 bits per heavy atom. The van der Waals surface area contributed by atoms with Gasteiger partial charge >= 0.3 is 0 Å². The maximum absolute atomic E-state index is 14.0. The lowest BCUT2D eigenvalue weighted by atomic mass is 9.78. The van der Waals surface area contributed by atoms with Crippen molar-refractivity contribution in [2.75, 3.05) is 0 Å². The molecule has 9 rings (SSSR count). The summed E-state index contributed by atoms with van der Waals surface area (Å²) in [5.41, 5.74) is 1.43. The summed E-state index contributed by atoms with van der Waals surface area (Å²) in [5, 5.41) is 47.9. The molecule has 0 radical (unpaired) electrons. The number of rotatable bonds is 0. The molecule has 5 aromatic carbocycles. The van der Waals surface area contributed by atoms with Crippen LogP contribution >= 0.6 is 0 Å². The normalized spacial score (nSPS) is 19.8. The lowest BCUT2D eigenvalue weighted by Crippen LogP contribution is -2.09. The zero-order valence-electron chi connectivity index (χ0n) is 18.5. The van der Waals surface area contributed by atoms with Gasteiger partial charge in [0.05, 0.1) is 0 Å². The van der Waals surface area contributed by atoms with Gasteiger partial charge in [-0.15, -0.1) is 0 Å². The van der Waals surface area contributed by atoms with E-state index in [0.717, 1.165) is 0 Å². The third-order valence-electron chi connectivity index (χ3n) is 8.90. The molecule has 0 atom stereocenters. The van der Waals surface area contributed by atoms with E-state index in [4.69, 9.17) is 0 Å². The highest BCUT2D eigenvalue weighted by Gasteiger charge is 2.49. The molecule has 36 heavy (non-hydrogen) atoms. The van der Waals surface area contributed by atoms with Crippen molar-refractivity contribution in [2.45, 2.75) is 58.1 Å². The van der Waals surface area contributed by atoms with E-state index in [1.54, 1.807) is 0 Å². The number of phenols is 4. The average Bonchev–Trinajstić information content (AvgIpc) is 3.24. The van der Waals surface area contributed by atoms with Crippen LogP contribution in [-0.2, 0) is 45.4 Å².